The summed E-state index contributed by atoms with van der Waals surface area (Å²) < 4.78 is 6.19. The highest BCUT2D eigenvalue weighted by Gasteiger charge is 2.43. The molecule has 3 rings (SSSR count). The summed E-state index contributed by atoms with van der Waals surface area (Å²) in [6.07, 6.45) is 13.9. The van der Waals surface area contributed by atoms with Crippen molar-refractivity contribution in [1.82, 2.24) is 5.32 Å². The van der Waals surface area contributed by atoms with Crippen LogP contribution < -0.4 is 5.32 Å². The molecule has 1 spiro atoms. The second-order valence-corrected chi connectivity index (χ2v) is 6.85. The molecule has 1 heterocycles. The summed E-state index contributed by atoms with van der Waals surface area (Å²) in [5.41, 5.74) is 0.288. The van der Waals surface area contributed by atoms with Crippen LogP contribution in [-0.4, -0.2) is 25.3 Å². The van der Waals surface area contributed by atoms with Gasteiger partial charge >= 0.3 is 0 Å². The Kier molecular flexibility index (Phi) is 3.95. The van der Waals surface area contributed by atoms with Crippen molar-refractivity contribution < 1.29 is 4.74 Å². The molecule has 0 aromatic carbocycles. The highest BCUT2D eigenvalue weighted by atomic mass is 16.5. The van der Waals surface area contributed by atoms with E-state index in [2.05, 4.69) is 12.4 Å². The Hall–Kier alpha value is -0.0800. The summed E-state index contributed by atoms with van der Waals surface area (Å²) in [6, 6.07) is 0.758. The highest BCUT2D eigenvalue weighted by molar-refractivity contribution is 4.96. The molecular weight excluding hydrogens is 222 g/mol. The first-order chi connectivity index (χ1) is 8.83. The minimum absolute atomic E-state index is 0.288. The third-order valence-corrected chi connectivity index (χ3v) is 5.79. The zero-order valence-corrected chi connectivity index (χ0v) is 11.9. The average molecular weight is 251 g/mol. The zero-order valence-electron chi connectivity index (χ0n) is 11.9. The first-order valence-corrected chi connectivity index (χ1v) is 8.14. The first kappa shape index (κ1) is 12.9. The minimum atomic E-state index is 0.288. The molecular formula is C16H29NO. The summed E-state index contributed by atoms with van der Waals surface area (Å²) in [7, 11) is 2.18. The minimum Gasteiger partial charge on any atom is -0.375 e. The van der Waals surface area contributed by atoms with Gasteiger partial charge in [0.1, 0.15) is 0 Å². The maximum atomic E-state index is 6.19. The lowest BCUT2D eigenvalue weighted by molar-refractivity contribution is -0.100. The maximum Gasteiger partial charge on any atom is 0.0685 e. The molecule has 0 bridgehead atoms. The van der Waals surface area contributed by atoms with Gasteiger partial charge in [-0.25, -0.2) is 0 Å². The average Bonchev–Trinajstić information content (AvgIpc) is 3.03. The Bertz CT molecular complexity index is 266. The maximum absolute atomic E-state index is 6.19. The van der Waals surface area contributed by atoms with Crippen LogP contribution in [0.1, 0.15) is 64.2 Å². The van der Waals surface area contributed by atoms with Gasteiger partial charge in [-0.15, -0.1) is 0 Å². The van der Waals surface area contributed by atoms with Gasteiger partial charge in [-0.3, -0.25) is 0 Å². The second-order valence-electron chi connectivity index (χ2n) is 6.85. The topological polar surface area (TPSA) is 21.3 Å². The fraction of sp³-hybridized carbons (Fsp3) is 1.00. The summed E-state index contributed by atoms with van der Waals surface area (Å²) >= 11 is 0. The number of rotatable bonds is 3. The van der Waals surface area contributed by atoms with E-state index < -0.39 is 0 Å². The van der Waals surface area contributed by atoms with E-state index in [1.54, 1.807) is 0 Å². The molecule has 3 aliphatic rings. The van der Waals surface area contributed by atoms with Gasteiger partial charge in [-0.2, -0.15) is 0 Å². The molecule has 18 heavy (non-hydrogen) atoms. The molecule has 1 saturated heterocycles. The van der Waals surface area contributed by atoms with Crippen LogP contribution in [0.4, 0.5) is 0 Å². The van der Waals surface area contributed by atoms with Gasteiger partial charge < -0.3 is 10.1 Å². The largest absolute Gasteiger partial charge is 0.375 e. The zero-order chi connectivity index (χ0) is 12.4. The molecule has 104 valence electrons. The van der Waals surface area contributed by atoms with Gasteiger partial charge in [0.05, 0.1) is 5.60 Å². The van der Waals surface area contributed by atoms with Crippen molar-refractivity contribution in [3.8, 4) is 0 Å². The lowest BCUT2D eigenvalue weighted by Crippen LogP contribution is -2.47. The molecule has 0 aromatic heterocycles. The Labute approximate surface area is 112 Å². The molecule has 2 nitrogen and oxygen atoms in total. The van der Waals surface area contributed by atoms with Crippen LogP contribution in [0.2, 0.25) is 0 Å². The molecule has 2 saturated carbocycles. The highest BCUT2D eigenvalue weighted by Crippen LogP contribution is 2.44. The predicted octanol–water partition coefficient (Wildman–Crippen LogP) is 3.50. The van der Waals surface area contributed by atoms with Gasteiger partial charge in [-0.05, 0) is 57.4 Å². The van der Waals surface area contributed by atoms with Crippen LogP contribution >= 0.6 is 0 Å². The summed E-state index contributed by atoms with van der Waals surface area (Å²) in [6.45, 7) is 1.01. The van der Waals surface area contributed by atoms with Crippen LogP contribution in [0.5, 0.6) is 0 Å². The van der Waals surface area contributed by atoms with Crippen molar-refractivity contribution in [3.63, 3.8) is 0 Å². The van der Waals surface area contributed by atoms with Crippen molar-refractivity contribution in [3.05, 3.63) is 0 Å². The molecule has 2 unspecified atom stereocenters. The van der Waals surface area contributed by atoms with Crippen molar-refractivity contribution in [1.29, 1.82) is 0 Å². The molecule has 0 radical (unpaired) electrons. The van der Waals surface area contributed by atoms with Crippen molar-refractivity contribution in [2.75, 3.05) is 13.7 Å². The van der Waals surface area contributed by atoms with Crippen molar-refractivity contribution in [2.24, 2.45) is 11.8 Å². The monoisotopic (exact) mass is 251 g/mol. The molecule has 3 fully saturated rings. The standard InChI is InChI=1S/C16H29NO/c1-17-15(13-6-2-3-7-13)14-8-11-18-16(12-14)9-4-5-10-16/h13-15,17H,2-12H2,1H3. The van der Waals surface area contributed by atoms with Gasteiger partial charge in [-0.1, -0.05) is 25.7 Å². The SMILES string of the molecule is CNC(C1CCCC1)C1CCOC2(CCCC2)C1. The number of hydrogen-bond acceptors (Lipinski definition) is 2. The van der Waals surface area contributed by atoms with E-state index in [1.165, 1.54) is 64.2 Å². The fourth-order valence-electron chi connectivity index (χ4n) is 4.91. The Balaban J connectivity index is 1.66. The fourth-order valence-corrected chi connectivity index (χ4v) is 4.91. The quantitative estimate of drug-likeness (QED) is 0.829. The third-order valence-electron chi connectivity index (χ3n) is 5.79. The summed E-state index contributed by atoms with van der Waals surface area (Å²) in [5.74, 6) is 1.81. The molecule has 2 aliphatic carbocycles. The first-order valence-electron chi connectivity index (χ1n) is 8.14. The van der Waals surface area contributed by atoms with Gasteiger partial charge in [0, 0.05) is 12.6 Å². The van der Waals surface area contributed by atoms with E-state index in [1.807, 2.05) is 0 Å². The summed E-state index contributed by atoms with van der Waals surface area (Å²) in [5, 5.41) is 3.66. The van der Waals surface area contributed by atoms with Crippen molar-refractivity contribution in [2.45, 2.75) is 75.9 Å². The molecule has 2 atom stereocenters. The summed E-state index contributed by atoms with van der Waals surface area (Å²) in [4.78, 5) is 0. The number of ether oxygens (including phenoxy) is 1. The van der Waals surface area contributed by atoms with Gasteiger partial charge in [0.2, 0.25) is 0 Å². The van der Waals surface area contributed by atoms with E-state index in [9.17, 15) is 0 Å². The van der Waals surface area contributed by atoms with Crippen LogP contribution in [0, 0.1) is 11.8 Å². The second kappa shape index (κ2) is 5.50. The van der Waals surface area contributed by atoms with E-state index in [0.29, 0.717) is 0 Å². The normalized spacial score (nSPS) is 34.2. The van der Waals surface area contributed by atoms with Crippen LogP contribution in [-0.2, 0) is 4.74 Å². The van der Waals surface area contributed by atoms with E-state index in [-0.39, 0.29) is 5.60 Å². The number of nitrogens with one attached hydrogen (secondary N) is 1. The lowest BCUT2D eigenvalue weighted by Gasteiger charge is -2.43. The predicted molar refractivity (Wildman–Crippen MR) is 74.7 cm³/mol. The van der Waals surface area contributed by atoms with E-state index in [0.717, 1.165) is 24.5 Å². The third kappa shape index (κ3) is 2.46. The number of hydrogen-bond donors (Lipinski definition) is 1. The Morgan fingerprint density at radius 3 is 2.39 bits per heavy atom. The van der Waals surface area contributed by atoms with Crippen LogP contribution in [0.15, 0.2) is 0 Å². The van der Waals surface area contributed by atoms with E-state index in [4.69, 9.17) is 4.74 Å². The molecule has 1 aliphatic heterocycles. The Morgan fingerprint density at radius 2 is 1.72 bits per heavy atom. The molecule has 0 aromatic rings. The Morgan fingerprint density at radius 1 is 1.00 bits per heavy atom. The van der Waals surface area contributed by atoms with Gasteiger partial charge in [0.25, 0.3) is 0 Å². The van der Waals surface area contributed by atoms with Crippen molar-refractivity contribution >= 4 is 0 Å². The molecule has 2 heteroatoms. The molecule has 0 amide bonds. The van der Waals surface area contributed by atoms with E-state index >= 15 is 0 Å². The lowest BCUT2D eigenvalue weighted by atomic mass is 9.76. The van der Waals surface area contributed by atoms with Gasteiger partial charge in [0.15, 0.2) is 0 Å². The van der Waals surface area contributed by atoms with Crippen LogP contribution in [0.3, 0.4) is 0 Å². The smallest absolute Gasteiger partial charge is 0.0685 e. The van der Waals surface area contributed by atoms with Crippen LogP contribution in [0.25, 0.3) is 0 Å². The molecule has 1 N–H and O–H groups in total.